The van der Waals surface area contributed by atoms with E-state index in [0.717, 1.165) is 12.0 Å². The molecular formula is C26H44N3O8P. The lowest BCUT2D eigenvalue weighted by atomic mass is 10.1. The summed E-state index contributed by atoms with van der Waals surface area (Å²) in [5.74, 6) is -1.41. The summed E-state index contributed by atoms with van der Waals surface area (Å²) in [7, 11) is -2.22. The van der Waals surface area contributed by atoms with E-state index in [2.05, 4.69) is 15.7 Å². The van der Waals surface area contributed by atoms with Crippen LogP contribution in [0.15, 0.2) is 30.3 Å². The number of unbranched alkanes of at least 4 members (excludes halogenated alkanes) is 2. The van der Waals surface area contributed by atoms with Crippen LogP contribution in [0.1, 0.15) is 72.3 Å². The molecule has 0 aliphatic heterocycles. The molecule has 0 aliphatic carbocycles. The summed E-state index contributed by atoms with van der Waals surface area (Å²) in [6, 6.07) is 8.37. The highest BCUT2D eigenvalue weighted by atomic mass is 31.2. The lowest BCUT2D eigenvalue weighted by Crippen LogP contribution is -2.44. The first-order chi connectivity index (χ1) is 17.9. The largest absolute Gasteiger partial charge is 0.467 e. The van der Waals surface area contributed by atoms with Gasteiger partial charge in [-0.1, -0.05) is 43.7 Å². The quantitative estimate of drug-likeness (QED) is 0.110. The lowest BCUT2D eigenvalue weighted by Gasteiger charge is -2.26. The molecule has 2 amide bonds. The molecule has 216 valence electrons. The molecule has 0 bridgehead atoms. The van der Waals surface area contributed by atoms with Gasteiger partial charge in [0.1, 0.15) is 24.0 Å². The minimum Gasteiger partial charge on any atom is -0.467 e. The summed E-state index contributed by atoms with van der Waals surface area (Å²) in [6.45, 7) is 9.44. The second-order valence-electron chi connectivity index (χ2n) is 9.79. The molecule has 1 aromatic carbocycles. The maximum Gasteiger partial charge on any atom is 0.408 e. The third-order valence-electron chi connectivity index (χ3n) is 5.26. The Hall–Kier alpha value is -2.62. The van der Waals surface area contributed by atoms with Crippen LogP contribution in [0.3, 0.4) is 0 Å². The zero-order chi connectivity index (χ0) is 28.6. The zero-order valence-electron chi connectivity index (χ0n) is 23.4. The van der Waals surface area contributed by atoms with Gasteiger partial charge in [-0.3, -0.25) is 4.57 Å². The van der Waals surface area contributed by atoms with Crippen LogP contribution in [0.25, 0.3) is 0 Å². The van der Waals surface area contributed by atoms with Gasteiger partial charge >= 0.3 is 18.2 Å². The number of benzene rings is 1. The van der Waals surface area contributed by atoms with Crippen molar-refractivity contribution in [2.45, 2.75) is 90.8 Å². The number of hydrogen-bond acceptors (Lipinski definition) is 8. The van der Waals surface area contributed by atoms with E-state index in [-0.39, 0.29) is 13.2 Å². The third-order valence-corrected chi connectivity index (χ3v) is 7.64. The molecule has 11 nitrogen and oxygen atoms in total. The molecule has 3 atom stereocenters. The Balaban J connectivity index is 2.62. The van der Waals surface area contributed by atoms with E-state index < -0.39 is 43.1 Å². The Morgan fingerprint density at radius 2 is 1.68 bits per heavy atom. The van der Waals surface area contributed by atoms with Gasteiger partial charge in [0.15, 0.2) is 0 Å². The molecular weight excluding hydrogens is 513 g/mol. The second-order valence-corrected chi connectivity index (χ2v) is 12.3. The van der Waals surface area contributed by atoms with E-state index in [4.69, 9.17) is 18.7 Å². The molecule has 0 spiro atoms. The maximum absolute atomic E-state index is 13.6. The number of methoxy groups -OCH3 is 1. The second kappa shape index (κ2) is 17.1. The number of amides is 2. The van der Waals surface area contributed by atoms with Crippen LogP contribution >= 0.6 is 7.52 Å². The molecule has 3 N–H and O–H groups in total. The number of carbonyl (C=O) groups is 3. The fourth-order valence-corrected chi connectivity index (χ4v) is 4.94. The van der Waals surface area contributed by atoms with Crippen LogP contribution in [0.5, 0.6) is 0 Å². The van der Waals surface area contributed by atoms with Gasteiger partial charge in [0.2, 0.25) is 0 Å². The van der Waals surface area contributed by atoms with Gasteiger partial charge in [-0.05, 0) is 58.9 Å². The molecule has 1 aromatic rings. The Morgan fingerprint density at radius 3 is 2.29 bits per heavy atom. The summed E-state index contributed by atoms with van der Waals surface area (Å²) in [4.78, 5) is 36.5. The van der Waals surface area contributed by atoms with Gasteiger partial charge in [-0.25, -0.2) is 19.5 Å². The topological polar surface area (TPSA) is 141 Å². The highest BCUT2D eigenvalue weighted by Gasteiger charge is 2.32. The molecule has 0 aromatic heterocycles. The number of nitrogens with one attached hydrogen (secondary N) is 3. The van der Waals surface area contributed by atoms with Gasteiger partial charge in [0.25, 0.3) is 7.52 Å². The van der Waals surface area contributed by atoms with E-state index in [1.54, 1.807) is 27.7 Å². The minimum absolute atomic E-state index is 0.0898. The smallest absolute Gasteiger partial charge is 0.408 e. The van der Waals surface area contributed by atoms with Gasteiger partial charge in [0.05, 0.1) is 13.7 Å². The van der Waals surface area contributed by atoms with Crippen molar-refractivity contribution in [3.63, 3.8) is 0 Å². The highest BCUT2D eigenvalue weighted by molar-refractivity contribution is 7.57. The molecule has 0 saturated carbocycles. The van der Waals surface area contributed by atoms with E-state index >= 15 is 0 Å². The lowest BCUT2D eigenvalue weighted by molar-refractivity contribution is -0.143. The first kappa shape index (κ1) is 33.4. The Bertz CT molecular complexity index is 908. The standard InChI is InChI=1S/C26H44N3O8P/c1-7-8-18-36-38(33,20(2)28-24(31)35-19-21-14-10-9-11-15-21)27-17-13-12-16-22(23(30)34-6)29-25(32)37-26(3,4)5/h9-11,14-15,20,22H,7-8,12-13,16-19H2,1-6H3,(H,27,33)(H,28,31)(H,29,32)/t20?,22-,38?/m0/s1. The summed E-state index contributed by atoms with van der Waals surface area (Å²) in [6.07, 6.45) is 1.51. The first-order valence-electron chi connectivity index (χ1n) is 12.9. The zero-order valence-corrected chi connectivity index (χ0v) is 24.3. The van der Waals surface area contributed by atoms with Gasteiger partial charge < -0.3 is 29.4 Å². The number of rotatable bonds is 16. The number of esters is 1. The fraction of sp³-hybridized carbons (Fsp3) is 0.654. The molecule has 0 fully saturated rings. The van der Waals surface area contributed by atoms with Gasteiger partial charge in [-0.15, -0.1) is 0 Å². The Kier molecular flexibility index (Phi) is 15.0. The summed E-state index contributed by atoms with van der Waals surface area (Å²) >= 11 is 0. The van der Waals surface area contributed by atoms with Crippen molar-refractivity contribution in [2.75, 3.05) is 20.3 Å². The SMILES string of the molecule is CCCCOP(=O)(NCCCC[C@H](NC(=O)OC(C)(C)C)C(=O)OC)C(C)NC(=O)OCc1ccccc1. The minimum atomic E-state index is -3.47. The number of hydrogen-bond donors (Lipinski definition) is 3. The van der Waals surface area contributed by atoms with E-state index in [1.165, 1.54) is 7.11 Å². The molecule has 38 heavy (non-hydrogen) atoms. The maximum atomic E-state index is 13.6. The van der Waals surface area contributed by atoms with Crippen LogP contribution in [0, 0.1) is 0 Å². The van der Waals surface area contributed by atoms with Crippen LogP contribution < -0.4 is 15.7 Å². The fourth-order valence-electron chi connectivity index (χ4n) is 3.21. The molecule has 1 rings (SSSR count). The van der Waals surface area contributed by atoms with Crippen molar-refractivity contribution >= 4 is 25.7 Å². The number of carbonyl (C=O) groups excluding carboxylic acids is 3. The van der Waals surface area contributed by atoms with Crippen molar-refractivity contribution in [3.05, 3.63) is 35.9 Å². The number of alkyl carbamates (subject to hydrolysis) is 2. The molecule has 0 radical (unpaired) electrons. The van der Waals surface area contributed by atoms with Crippen molar-refractivity contribution in [3.8, 4) is 0 Å². The molecule has 0 heterocycles. The summed E-state index contributed by atoms with van der Waals surface area (Å²) < 4.78 is 34.5. The van der Waals surface area contributed by atoms with Crippen molar-refractivity contribution in [2.24, 2.45) is 0 Å². The molecule has 12 heteroatoms. The predicted molar refractivity (Wildman–Crippen MR) is 145 cm³/mol. The Morgan fingerprint density at radius 1 is 1.00 bits per heavy atom. The van der Waals surface area contributed by atoms with Crippen LogP contribution in [0.4, 0.5) is 9.59 Å². The molecule has 2 unspecified atom stereocenters. The van der Waals surface area contributed by atoms with Crippen molar-refractivity contribution < 1.29 is 37.7 Å². The Labute approximate surface area is 226 Å². The van der Waals surface area contributed by atoms with Crippen molar-refractivity contribution in [1.82, 2.24) is 15.7 Å². The van der Waals surface area contributed by atoms with Crippen LogP contribution in [0.2, 0.25) is 0 Å². The number of ether oxygens (including phenoxy) is 3. The average molecular weight is 558 g/mol. The normalized spacial score (nSPS) is 14.5. The third kappa shape index (κ3) is 13.8. The molecule has 0 saturated heterocycles. The van der Waals surface area contributed by atoms with Crippen LogP contribution in [-0.4, -0.2) is 55.8 Å². The first-order valence-corrected chi connectivity index (χ1v) is 14.6. The predicted octanol–water partition coefficient (Wildman–Crippen LogP) is 5.09. The van der Waals surface area contributed by atoms with Crippen LogP contribution in [-0.2, 0) is 34.7 Å². The summed E-state index contributed by atoms with van der Waals surface area (Å²) in [5, 5.41) is 8.10. The van der Waals surface area contributed by atoms with E-state index in [9.17, 15) is 18.9 Å². The summed E-state index contributed by atoms with van der Waals surface area (Å²) in [5.41, 5.74) is 0.133. The van der Waals surface area contributed by atoms with E-state index in [1.807, 2.05) is 37.3 Å². The van der Waals surface area contributed by atoms with Crippen molar-refractivity contribution in [1.29, 1.82) is 0 Å². The van der Waals surface area contributed by atoms with E-state index in [0.29, 0.717) is 32.2 Å². The molecule has 0 aliphatic rings. The average Bonchev–Trinajstić information content (AvgIpc) is 2.85. The van der Waals surface area contributed by atoms with Gasteiger partial charge in [-0.2, -0.15) is 0 Å². The highest BCUT2D eigenvalue weighted by Crippen LogP contribution is 2.46. The van der Waals surface area contributed by atoms with Gasteiger partial charge in [0, 0.05) is 6.54 Å². The monoisotopic (exact) mass is 557 g/mol.